The number of hydrogen-bond acceptors (Lipinski definition) is 6. The lowest BCUT2D eigenvalue weighted by atomic mass is 10.2. The molecule has 0 spiro atoms. The number of methoxy groups -OCH3 is 1. The molecule has 146 valence electrons. The number of imidazole rings is 1. The van der Waals surface area contributed by atoms with E-state index in [9.17, 15) is 9.59 Å². The number of carboxylic acids is 1. The lowest BCUT2D eigenvalue weighted by Crippen LogP contribution is -2.09. The first-order valence-corrected chi connectivity index (χ1v) is 8.75. The van der Waals surface area contributed by atoms with Crippen molar-refractivity contribution in [3.8, 4) is 11.5 Å². The van der Waals surface area contributed by atoms with Crippen LogP contribution < -0.4 is 9.47 Å². The molecule has 0 saturated carbocycles. The number of carboxylic acid groups (broad SMARTS) is 1. The van der Waals surface area contributed by atoms with Crippen LogP contribution in [-0.4, -0.2) is 46.9 Å². The Labute approximate surface area is 157 Å². The highest BCUT2D eigenvalue weighted by atomic mass is 16.5. The van der Waals surface area contributed by atoms with Crippen LogP contribution in [0, 0.1) is 0 Å². The summed E-state index contributed by atoms with van der Waals surface area (Å²) in [5.74, 6) is -0.262. The highest BCUT2D eigenvalue weighted by Crippen LogP contribution is 2.28. The van der Waals surface area contributed by atoms with E-state index in [2.05, 4.69) is 4.98 Å². The Hall–Kier alpha value is -3.03. The molecule has 8 heteroatoms. The van der Waals surface area contributed by atoms with Crippen LogP contribution in [0.15, 0.2) is 36.9 Å². The lowest BCUT2D eigenvalue weighted by molar-refractivity contribution is -0.137. The van der Waals surface area contributed by atoms with Gasteiger partial charge in [-0.2, -0.15) is 0 Å². The molecule has 1 heterocycles. The maximum Gasteiger partial charge on any atom is 0.338 e. The maximum atomic E-state index is 12.1. The SMILES string of the molecule is COc1cc(C(=O)OCCCCCC(=O)O)ccc1OCCn1ccnc1. The van der Waals surface area contributed by atoms with Crippen molar-refractivity contribution in [3.63, 3.8) is 0 Å². The molecule has 1 aromatic carbocycles. The number of hydrogen-bond donors (Lipinski definition) is 1. The topological polar surface area (TPSA) is 99.9 Å². The van der Waals surface area contributed by atoms with Gasteiger partial charge in [0.25, 0.3) is 0 Å². The highest BCUT2D eigenvalue weighted by Gasteiger charge is 2.12. The zero-order valence-corrected chi connectivity index (χ0v) is 15.3. The van der Waals surface area contributed by atoms with Crippen molar-refractivity contribution in [2.24, 2.45) is 0 Å². The van der Waals surface area contributed by atoms with Gasteiger partial charge in [0, 0.05) is 18.8 Å². The first-order chi connectivity index (χ1) is 13.1. The van der Waals surface area contributed by atoms with Crippen molar-refractivity contribution in [1.29, 1.82) is 0 Å². The van der Waals surface area contributed by atoms with Gasteiger partial charge < -0.3 is 23.9 Å². The molecule has 0 bridgehead atoms. The Morgan fingerprint density at radius 2 is 2.00 bits per heavy atom. The second kappa shape index (κ2) is 10.8. The number of carbonyl (C=O) groups excluding carboxylic acids is 1. The molecule has 0 aliphatic carbocycles. The minimum absolute atomic E-state index is 0.132. The second-order valence-electron chi connectivity index (χ2n) is 5.85. The fraction of sp³-hybridized carbons (Fsp3) is 0.421. The van der Waals surface area contributed by atoms with Gasteiger partial charge in [0.05, 0.1) is 32.2 Å². The molecular formula is C19H24N2O6. The van der Waals surface area contributed by atoms with E-state index >= 15 is 0 Å². The van der Waals surface area contributed by atoms with E-state index in [-0.39, 0.29) is 13.0 Å². The molecule has 0 unspecified atom stereocenters. The van der Waals surface area contributed by atoms with Gasteiger partial charge in [0.1, 0.15) is 6.61 Å². The molecule has 27 heavy (non-hydrogen) atoms. The van der Waals surface area contributed by atoms with Crippen molar-refractivity contribution in [2.75, 3.05) is 20.3 Å². The van der Waals surface area contributed by atoms with E-state index in [1.807, 2.05) is 10.8 Å². The monoisotopic (exact) mass is 376 g/mol. The van der Waals surface area contributed by atoms with E-state index in [0.29, 0.717) is 49.5 Å². The number of aliphatic carboxylic acids is 1. The summed E-state index contributed by atoms with van der Waals surface area (Å²) >= 11 is 0. The third kappa shape index (κ3) is 7.01. The molecule has 2 aromatic rings. The lowest BCUT2D eigenvalue weighted by Gasteiger charge is -2.12. The summed E-state index contributed by atoms with van der Waals surface area (Å²) in [7, 11) is 1.51. The minimum atomic E-state index is -0.813. The van der Waals surface area contributed by atoms with Crippen LogP contribution in [-0.2, 0) is 16.1 Å². The van der Waals surface area contributed by atoms with E-state index in [0.717, 1.165) is 0 Å². The minimum Gasteiger partial charge on any atom is -0.493 e. The number of aromatic nitrogens is 2. The summed E-state index contributed by atoms with van der Waals surface area (Å²) in [6.45, 7) is 1.34. The first kappa shape index (κ1) is 20.3. The summed E-state index contributed by atoms with van der Waals surface area (Å²) in [6, 6.07) is 4.89. The van der Waals surface area contributed by atoms with Crippen LogP contribution in [0.3, 0.4) is 0 Å². The normalized spacial score (nSPS) is 10.4. The van der Waals surface area contributed by atoms with Crippen molar-refractivity contribution < 1.29 is 28.9 Å². The molecule has 0 aliphatic rings. The van der Waals surface area contributed by atoms with Crippen LogP contribution in [0.4, 0.5) is 0 Å². The zero-order valence-electron chi connectivity index (χ0n) is 15.3. The molecule has 0 aliphatic heterocycles. The Kier molecular flexibility index (Phi) is 8.15. The molecule has 2 rings (SSSR count). The standard InChI is InChI=1S/C19H24N2O6/c1-25-17-13-15(19(24)27-11-4-2-3-5-18(22)23)6-7-16(17)26-12-10-21-9-8-20-14-21/h6-9,13-14H,2-5,10-12H2,1H3,(H,22,23). The van der Waals surface area contributed by atoms with E-state index in [1.165, 1.54) is 7.11 Å². The fourth-order valence-corrected chi connectivity index (χ4v) is 2.40. The molecule has 0 fully saturated rings. The fourth-order valence-electron chi connectivity index (χ4n) is 2.40. The summed E-state index contributed by atoms with van der Waals surface area (Å²) in [6.07, 6.45) is 7.30. The Morgan fingerprint density at radius 3 is 2.70 bits per heavy atom. The van der Waals surface area contributed by atoms with Gasteiger partial charge in [-0.25, -0.2) is 9.78 Å². The Balaban J connectivity index is 1.79. The molecule has 0 saturated heterocycles. The molecular weight excluding hydrogens is 352 g/mol. The quantitative estimate of drug-likeness (QED) is 0.449. The first-order valence-electron chi connectivity index (χ1n) is 8.75. The zero-order chi connectivity index (χ0) is 19.5. The van der Waals surface area contributed by atoms with Crippen molar-refractivity contribution in [3.05, 3.63) is 42.5 Å². The Bertz CT molecular complexity index is 730. The number of nitrogens with zero attached hydrogens (tertiary/aromatic N) is 2. The largest absolute Gasteiger partial charge is 0.493 e. The number of unbranched alkanes of at least 4 members (excludes halogenated alkanes) is 2. The number of benzene rings is 1. The number of carbonyl (C=O) groups is 2. The smallest absolute Gasteiger partial charge is 0.338 e. The van der Waals surface area contributed by atoms with Crippen LogP contribution in [0.1, 0.15) is 36.0 Å². The molecule has 1 aromatic heterocycles. The van der Waals surface area contributed by atoms with Gasteiger partial charge in [0.2, 0.25) is 0 Å². The summed E-state index contributed by atoms with van der Waals surface area (Å²) < 4.78 is 18.1. The average molecular weight is 376 g/mol. The molecule has 1 N–H and O–H groups in total. The maximum absolute atomic E-state index is 12.1. The van der Waals surface area contributed by atoms with Gasteiger partial charge in [-0.3, -0.25) is 4.79 Å². The number of rotatable bonds is 12. The Morgan fingerprint density at radius 1 is 1.15 bits per heavy atom. The van der Waals surface area contributed by atoms with E-state index in [4.69, 9.17) is 19.3 Å². The van der Waals surface area contributed by atoms with Crippen LogP contribution >= 0.6 is 0 Å². The predicted molar refractivity (Wildman–Crippen MR) is 97.1 cm³/mol. The van der Waals surface area contributed by atoms with Gasteiger partial charge in [-0.05, 0) is 37.5 Å². The van der Waals surface area contributed by atoms with Crippen molar-refractivity contribution in [1.82, 2.24) is 9.55 Å². The third-order valence-electron chi connectivity index (χ3n) is 3.83. The van der Waals surface area contributed by atoms with Crippen LogP contribution in [0.2, 0.25) is 0 Å². The van der Waals surface area contributed by atoms with Crippen molar-refractivity contribution >= 4 is 11.9 Å². The van der Waals surface area contributed by atoms with Gasteiger partial charge >= 0.3 is 11.9 Å². The summed E-state index contributed by atoms with van der Waals surface area (Å²) in [4.78, 5) is 26.5. The highest BCUT2D eigenvalue weighted by molar-refractivity contribution is 5.90. The number of ether oxygens (including phenoxy) is 3. The molecule has 8 nitrogen and oxygen atoms in total. The predicted octanol–water partition coefficient (Wildman–Crippen LogP) is 2.77. The molecule has 0 radical (unpaired) electrons. The van der Waals surface area contributed by atoms with E-state index < -0.39 is 11.9 Å². The number of esters is 1. The summed E-state index contributed by atoms with van der Waals surface area (Å²) in [5, 5.41) is 8.57. The van der Waals surface area contributed by atoms with Gasteiger partial charge in [-0.1, -0.05) is 0 Å². The van der Waals surface area contributed by atoms with Gasteiger partial charge in [0.15, 0.2) is 11.5 Å². The molecule has 0 amide bonds. The second-order valence-corrected chi connectivity index (χ2v) is 5.85. The molecule has 0 atom stereocenters. The van der Waals surface area contributed by atoms with Crippen LogP contribution in [0.25, 0.3) is 0 Å². The van der Waals surface area contributed by atoms with Crippen molar-refractivity contribution in [2.45, 2.75) is 32.2 Å². The van der Waals surface area contributed by atoms with Crippen LogP contribution in [0.5, 0.6) is 11.5 Å². The average Bonchev–Trinajstić information content (AvgIpc) is 3.17. The van der Waals surface area contributed by atoms with Gasteiger partial charge in [-0.15, -0.1) is 0 Å². The third-order valence-corrected chi connectivity index (χ3v) is 3.83. The summed E-state index contributed by atoms with van der Waals surface area (Å²) in [5.41, 5.74) is 0.374. The van der Waals surface area contributed by atoms with E-state index in [1.54, 1.807) is 30.7 Å².